The van der Waals surface area contributed by atoms with Crippen molar-refractivity contribution in [1.29, 1.82) is 0 Å². The number of aromatic nitrogens is 1. The first-order valence-electron chi connectivity index (χ1n) is 12.5. The Balaban J connectivity index is 1.70. The van der Waals surface area contributed by atoms with E-state index in [9.17, 15) is 4.79 Å². The molecule has 0 aromatic carbocycles. The van der Waals surface area contributed by atoms with Gasteiger partial charge in [0.1, 0.15) is 5.69 Å². The lowest BCUT2D eigenvalue weighted by Crippen LogP contribution is -2.46. The third-order valence-corrected chi connectivity index (χ3v) is 6.85. The Hall–Kier alpha value is -1.78. The van der Waals surface area contributed by atoms with E-state index in [0.717, 1.165) is 58.2 Å². The van der Waals surface area contributed by atoms with E-state index in [1.54, 1.807) is 6.20 Å². The van der Waals surface area contributed by atoms with E-state index in [4.69, 9.17) is 4.74 Å². The van der Waals surface area contributed by atoms with Crippen LogP contribution < -0.4 is 0 Å². The average molecular weight is 439 g/mol. The highest BCUT2D eigenvalue weighted by Crippen LogP contribution is 2.44. The van der Waals surface area contributed by atoms with Crippen molar-refractivity contribution < 1.29 is 9.53 Å². The summed E-state index contributed by atoms with van der Waals surface area (Å²) in [6.07, 6.45) is 15.7. The zero-order chi connectivity index (χ0) is 23.0. The van der Waals surface area contributed by atoms with Gasteiger partial charge in [-0.05, 0) is 95.5 Å². The number of Topliss-reactive ketones (excluding diaryl/α,β-unsaturated/α-hetero) is 1. The molecule has 0 amide bonds. The number of carbonyl (C=O) groups is 1. The van der Waals surface area contributed by atoms with Crippen LogP contribution >= 0.6 is 0 Å². The number of ketones is 1. The lowest BCUT2D eigenvalue weighted by Gasteiger charge is -2.44. The standard InChI is InChI=1S/C28H42N2O2/c1-23(2)14-19-30(21-24-11-6-5-7-12-24)18-10-15-28(16-20-32-27(3,4)22-28)26(31)25-13-8-9-17-29-25/h6,8-9,11-13,17,23H,5,7,10,14-16,18-22H2,1-4H3. The Bertz CT molecular complexity index is 797. The Kier molecular flexibility index (Phi) is 8.84. The molecule has 2 aliphatic rings. The van der Waals surface area contributed by atoms with Gasteiger partial charge in [0.2, 0.25) is 0 Å². The van der Waals surface area contributed by atoms with Gasteiger partial charge in [-0.25, -0.2) is 0 Å². The molecule has 176 valence electrons. The maximum atomic E-state index is 13.7. The van der Waals surface area contributed by atoms with E-state index in [1.807, 2.05) is 18.2 Å². The summed E-state index contributed by atoms with van der Waals surface area (Å²) in [6.45, 7) is 12.6. The molecule has 1 aromatic heterocycles. The minimum absolute atomic E-state index is 0.195. The SMILES string of the molecule is CC(C)CCN(CCCC1(C(=O)c2ccccn2)CCOC(C)(C)C1)CC1=CCCC=C1. The van der Waals surface area contributed by atoms with Gasteiger partial charge in [0, 0.05) is 24.8 Å². The van der Waals surface area contributed by atoms with Gasteiger partial charge >= 0.3 is 0 Å². The fourth-order valence-corrected chi connectivity index (χ4v) is 5.16. The van der Waals surface area contributed by atoms with E-state index in [1.165, 1.54) is 12.0 Å². The molecule has 1 saturated heterocycles. The third-order valence-electron chi connectivity index (χ3n) is 6.85. The number of carbonyl (C=O) groups excluding carboxylic acids is 1. The second kappa shape index (κ2) is 11.4. The number of hydrogen-bond donors (Lipinski definition) is 0. The molecule has 4 heteroatoms. The van der Waals surface area contributed by atoms with E-state index in [0.29, 0.717) is 18.2 Å². The summed E-state index contributed by atoms with van der Waals surface area (Å²) in [5, 5.41) is 0. The van der Waals surface area contributed by atoms with Crippen LogP contribution in [0.5, 0.6) is 0 Å². The molecule has 1 aromatic rings. The van der Waals surface area contributed by atoms with Crippen LogP contribution in [0.3, 0.4) is 0 Å². The van der Waals surface area contributed by atoms with Crippen molar-refractivity contribution in [1.82, 2.24) is 9.88 Å². The molecule has 3 rings (SSSR count). The van der Waals surface area contributed by atoms with Crippen molar-refractivity contribution in [3.63, 3.8) is 0 Å². The number of ether oxygens (including phenoxy) is 1. The summed E-state index contributed by atoms with van der Waals surface area (Å²) in [5.74, 6) is 0.892. The highest BCUT2D eigenvalue weighted by molar-refractivity contribution is 5.99. The second-order valence-electron chi connectivity index (χ2n) is 10.7. The van der Waals surface area contributed by atoms with Crippen LogP contribution in [0.4, 0.5) is 0 Å². The third kappa shape index (κ3) is 7.11. The van der Waals surface area contributed by atoms with E-state index in [-0.39, 0.29) is 16.8 Å². The van der Waals surface area contributed by atoms with Crippen LogP contribution in [0.1, 0.15) is 83.1 Å². The quantitative estimate of drug-likeness (QED) is 0.383. The number of pyridine rings is 1. The van der Waals surface area contributed by atoms with Crippen molar-refractivity contribution >= 4 is 5.78 Å². The van der Waals surface area contributed by atoms with Crippen molar-refractivity contribution in [2.75, 3.05) is 26.2 Å². The Labute approximate surface area is 195 Å². The van der Waals surface area contributed by atoms with Crippen molar-refractivity contribution in [2.24, 2.45) is 11.3 Å². The molecular formula is C28H42N2O2. The van der Waals surface area contributed by atoms with Crippen molar-refractivity contribution in [3.05, 3.63) is 53.9 Å². The van der Waals surface area contributed by atoms with Crippen LogP contribution in [0.25, 0.3) is 0 Å². The number of nitrogens with zero attached hydrogens (tertiary/aromatic N) is 2. The van der Waals surface area contributed by atoms with Crippen LogP contribution in [-0.2, 0) is 4.74 Å². The maximum absolute atomic E-state index is 13.7. The molecule has 0 bridgehead atoms. The molecule has 1 aliphatic heterocycles. The number of hydrogen-bond acceptors (Lipinski definition) is 4. The highest BCUT2D eigenvalue weighted by atomic mass is 16.5. The molecule has 32 heavy (non-hydrogen) atoms. The minimum Gasteiger partial charge on any atom is -0.376 e. The smallest absolute Gasteiger partial charge is 0.187 e. The summed E-state index contributed by atoms with van der Waals surface area (Å²) >= 11 is 0. The van der Waals surface area contributed by atoms with Gasteiger partial charge in [-0.1, -0.05) is 38.1 Å². The first-order chi connectivity index (χ1) is 15.3. The molecule has 4 nitrogen and oxygen atoms in total. The molecule has 0 saturated carbocycles. The summed E-state index contributed by atoms with van der Waals surface area (Å²) in [6, 6.07) is 5.65. The molecule has 2 heterocycles. The lowest BCUT2D eigenvalue weighted by atomic mass is 9.67. The Morgan fingerprint density at radius 2 is 2.06 bits per heavy atom. The molecule has 1 atom stereocenters. The van der Waals surface area contributed by atoms with Gasteiger partial charge in [0.15, 0.2) is 5.78 Å². The molecule has 0 radical (unpaired) electrons. The molecule has 0 N–H and O–H groups in total. The van der Waals surface area contributed by atoms with Crippen molar-refractivity contribution in [2.45, 2.75) is 78.2 Å². The Morgan fingerprint density at radius 3 is 2.72 bits per heavy atom. The zero-order valence-corrected chi connectivity index (χ0v) is 20.6. The number of allylic oxidation sites excluding steroid dienone is 2. The van der Waals surface area contributed by atoms with Crippen LogP contribution in [0, 0.1) is 11.3 Å². The molecular weight excluding hydrogens is 396 g/mol. The first kappa shape index (κ1) is 24.9. The molecule has 1 unspecified atom stereocenters. The first-order valence-corrected chi connectivity index (χ1v) is 12.5. The number of rotatable bonds is 11. The minimum atomic E-state index is -0.385. The van der Waals surface area contributed by atoms with E-state index >= 15 is 0 Å². The zero-order valence-electron chi connectivity index (χ0n) is 20.6. The fraction of sp³-hybridized carbons (Fsp3) is 0.643. The van der Waals surface area contributed by atoms with Gasteiger partial charge in [-0.2, -0.15) is 0 Å². The molecule has 1 aliphatic carbocycles. The Morgan fingerprint density at radius 1 is 1.22 bits per heavy atom. The van der Waals surface area contributed by atoms with Gasteiger partial charge < -0.3 is 4.74 Å². The maximum Gasteiger partial charge on any atom is 0.187 e. The van der Waals surface area contributed by atoms with Gasteiger partial charge in [0.05, 0.1) is 5.60 Å². The largest absolute Gasteiger partial charge is 0.376 e. The predicted octanol–water partition coefficient (Wildman–Crippen LogP) is 6.24. The van der Waals surface area contributed by atoms with Gasteiger partial charge in [-0.15, -0.1) is 0 Å². The summed E-state index contributed by atoms with van der Waals surface area (Å²) in [5.41, 5.74) is 1.37. The van der Waals surface area contributed by atoms with Gasteiger partial charge in [0.25, 0.3) is 0 Å². The highest BCUT2D eigenvalue weighted by Gasteiger charge is 2.46. The van der Waals surface area contributed by atoms with Gasteiger partial charge in [-0.3, -0.25) is 14.7 Å². The summed E-state index contributed by atoms with van der Waals surface area (Å²) in [4.78, 5) is 20.7. The summed E-state index contributed by atoms with van der Waals surface area (Å²) in [7, 11) is 0. The predicted molar refractivity (Wildman–Crippen MR) is 132 cm³/mol. The van der Waals surface area contributed by atoms with Crippen LogP contribution in [-0.4, -0.2) is 47.5 Å². The normalized spacial score (nSPS) is 22.9. The fourth-order valence-electron chi connectivity index (χ4n) is 5.16. The molecule has 0 spiro atoms. The molecule has 1 fully saturated rings. The summed E-state index contributed by atoms with van der Waals surface area (Å²) < 4.78 is 6.00. The van der Waals surface area contributed by atoms with Crippen molar-refractivity contribution in [3.8, 4) is 0 Å². The topological polar surface area (TPSA) is 42.4 Å². The van der Waals surface area contributed by atoms with E-state index < -0.39 is 0 Å². The second-order valence-corrected chi connectivity index (χ2v) is 10.7. The van der Waals surface area contributed by atoms with Crippen LogP contribution in [0.15, 0.2) is 48.2 Å². The lowest BCUT2D eigenvalue weighted by molar-refractivity contribution is -0.0959. The van der Waals surface area contributed by atoms with E-state index in [2.05, 4.69) is 55.8 Å². The van der Waals surface area contributed by atoms with Crippen LogP contribution in [0.2, 0.25) is 0 Å². The average Bonchev–Trinajstić information content (AvgIpc) is 2.77. The monoisotopic (exact) mass is 438 g/mol.